The molecule has 0 atom stereocenters. The normalized spacial score (nSPS) is 10.3. The molecule has 0 fully saturated rings. The van der Waals surface area contributed by atoms with Crippen molar-refractivity contribution >= 4 is 60.5 Å². The first-order valence-corrected chi connectivity index (χ1v) is 7.80. The molecule has 20 heavy (non-hydrogen) atoms. The molecule has 0 spiro atoms. The minimum atomic E-state index is -0.450. The van der Waals surface area contributed by atoms with Crippen molar-refractivity contribution in [3.63, 3.8) is 0 Å². The Morgan fingerprint density at radius 1 is 1.35 bits per heavy atom. The number of halogens is 2. The van der Waals surface area contributed by atoms with Crippen LogP contribution in [0.15, 0.2) is 32.5 Å². The summed E-state index contributed by atoms with van der Waals surface area (Å²) >= 11 is 7.94. The van der Waals surface area contributed by atoms with Crippen molar-refractivity contribution in [2.24, 2.45) is 0 Å². The molecule has 0 aliphatic heterocycles. The van der Waals surface area contributed by atoms with E-state index in [4.69, 9.17) is 0 Å². The first-order chi connectivity index (χ1) is 9.38. The van der Waals surface area contributed by atoms with Gasteiger partial charge in [-0.15, -0.1) is 11.3 Å². The monoisotopic (exact) mass is 418 g/mol. The van der Waals surface area contributed by atoms with Crippen LogP contribution in [-0.2, 0) is 0 Å². The largest absolute Gasteiger partial charge is 0.321 e. The third-order valence-electron chi connectivity index (χ3n) is 2.52. The van der Waals surface area contributed by atoms with Gasteiger partial charge >= 0.3 is 0 Å². The van der Waals surface area contributed by atoms with Crippen LogP contribution in [-0.4, -0.2) is 10.8 Å². The zero-order chi connectivity index (χ0) is 14.9. The number of benzene rings is 1. The number of amides is 1. The topological polar surface area (TPSA) is 72.2 Å². The maximum atomic E-state index is 12.0. The maximum absolute atomic E-state index is 12.0. The van der Waals surface area contributed by atoms with Crippen LogP contribution in [0.4, 0.5) is 11.4 Å². The molecular weight excluding hydrogens is 412 g/mol. The Bertz CT molecular complexity index is 681. The molecular formula is C12H8Br2N2O3S. The van der Waals surface area contributed by atoms with Crippen LogP contribution in [0.25, 0.3) is 0 Å². The molecule has 104 valence electrons. The van der Waals surface area contributed by atoms with E-state index in [1.54, 1.807) is 19.1 Å². The highest BCUT2D eigenvalue weighted by atomic mass is 79.9. The van der Waals surface area contributed by atoms with E-state index in [0.29, 0.717) is 16.1 Å². The Kier molecular flexibility index (Phi) is 4.56. The molecule has 0 aliphatic rings. The van der Waals surface area contributed by atoms with Crippen molar-refractivity contribution in [1.29, 1.82) is 0 Å². The van der Waals surface area contributed by atoms with Crippen LogP contribution in [0.2, 0.25) is 0 Å². The van der Waals surface area contributed by atoms with Gasteiger partial charge in [-0.2, -0.15) is 0 Å². The number of aryl methyl sites for hydroxylation is 1. The highest BCUT2D eigenvalue weighted by molar-refractivity contribution is 9.13. The van der Waals surface area contributed by atoms with Crippen molar-refractivity contribution in [2.75, 3.05) is 5.32 Å². The van der Waals surface area contributed by atoms with Gasteiger partial charge < -0.3 is 5.32 Å². The summed E-state index contributed by atoms with van der Waals surface area (Å²) in [5, 5.41) is 13.4. The molecule has 0 saturated carbocycles. The van der Waals surface area contributed by atoms with Gasteiger partial charge in [0.2, 0.25) is 0 Å². The van der Waals surface area contributed by atoms with Crippen molar-refractivity contribution in [3.05, 3.63) is 53.1 Å². The van der Waals surface area contributed by atoms with Gasteiger partial charge in [0.15, 0.2) is 0 Å². The molecule has 1 aromatic heterocycles. The predicted octanol–water partition coefficient (Wildman–Crippen LogP) is 4.74. The van der Waals surface area contributed by atoms with Gasteiger partial charge in [-0.1, -0.05) is 0 Å². The number of carbonyl (C=O) groups excluding carboxylic acids is 1. The fourth-order valence-corrected chi connectivity index (χ4v) is 3.52. The number of hydrogen-bond donors (Lipinski definition) is 1. The van der Waals surface area contributed by atoms with E-state index in [1.165, 1.54) is 23.5 Å². The fourth-order valence-electron chi connectivity index (χ4n) is 1.59. The molecule has 0 bridgehead atoms. The van der Waals surface area contributed by atoms with Gasteiger partial charge in [0, 0.05) is 21.8 Å². The average Bonchev–Trinajstić information content (AvgIpc) is 2.69. The van der Waals surface area contributed by atoms with E-state index in [2.05, 4.69) is 37.2 Å². The van der Waals surface area contributed by atoms with E-state index in [0.717, 1.165) is 8.26 Å². The summed E-state index contributed by atoms with van der Waals surface area (Å²) < 4.78 is 1.65. The smallest absolute Gasteiger partial charge is 0.272 e. The van der Waals surface area contributed by atoms with Gasteiger partial charge in [0.1, 0.15) is 0 Å². The van der Waals surface area contributed by atoms with Gasteiger partial charge in [0.25, 0.3) is 11.6 Å². The number of rotatable bonds is 3. The molecule has 0 radical (unpaired) electrons. The van der Waals surface area contributed by atoms with Crippen molar-refractivity contribution in [1.82, 2.24) is 0 Å². The van der Waals surface area contributed by atoms with Crippen molar-refractivity contribution < 1.29 is 9.72 Å². The third kappa shape index (κ3) is 3.25. The second-order valence-corrected chi connectivity index (χ2v) is 7.17. The summed E-state index contributed by atoms with van der Waals surface area (Å²) in [5.74, 6) is -0.255. The van der Waals surface area contributed by atoms with Crippen molar-refractivity contribution in [2.45, 2.75) is 6.92 Å². The predicted molar refractivity (Wildman–Crippen MR) is 85.5 cm³/mol. The van der Waals surface area contributed by atoms with Gasteiger partial charge in [-0.05, 0) is 57.0 Å². The molecule has 8 heteroatoms. The van der Waals surface area contributed by atoms with Gasteiger partial charge in [-0.25, -0.2) is 0 Å². The van der Waals surface area contributed by atoms with Crippen LogP contribution < -0.4 is 5.32 Å². The summed E-state index contributed by atoms with van der Waals surface area (Å²) in [6.07, 6.45) is 0. The van der Waals surface area contributed by atoms with Crippen LogP contribution in [0, 0.1) is 17.0 Å². The number of thiophene rings is 1. The lowest BCUT2D eigenvalue weighted by Gasteiger charge is -2.05. The summed E-state index contributed by atoms with van der Waals surface area (Å²) in [6, 6.07) is 6.18. The second-order valence-electron chi connectivity index (χ2n) is 3.94. The first-order valence-electron chi connectivity index (χ1n) is 5.39. The number of nitrogens with zero attached hydrogens (tertiary/aromatic N) is 1. The van der Waals surface area contributed by atoms with Gasteiger partial charge in [-0.3, -0.25) is 14.9 Å². The summed E-state index contributed by atoms with van der Waals surface area (Å²) in [6.45, 7) is 1.63. The third-order valence-corrected chi connectivity index (χ3v) is 5.78. The fraction of sp³-hybridized carbons (Fsp3) is 0.0833. The SMILES string of the molecule is Cc1cc(NC(=O)c2cc(Br)c(Br)s2)ccc1[N+](=O)[O-]. The number of anilines is 1. The van der Waals surface area contributed by atoms with Gasteiger partial charge in [0.05, 0.1) is 13.6 Å². The Labute approximate surface area is 135 Å². The molecule has 0 unspecified atom stereocenters. The van der Waals surface area contributed by atoms with Crippen LogP contribution in [0.3, 0.4) is 0 Å². The Hall–Kier alpha value is -1.25. The van der Waals surface area contributed by atoms with Crippen LogP contribution >= 0.6 is 43.2 Å². The standard InChI is InChI=1S/C12H8Br2N2O3S/c1-6-4-7(2-3-9(6)16(18)19)15-12(17)10-5-8(13)11(14)20-10/h2-5H,1H3,(H,15,17). The molecule has 5 nitrogen and oxygen atoms in total. The number of nitro groups is 1. The lowest BCUT2D eigenvalue weighted by molar-refractivity contribution is -0.385. The molecule has 2 aromatic rings. The number of hydrogen-bond acceptors (Lipinski definition) is 4. The van der Waals surface area contributed by atoms with E-state index < -0.39 is 4.92 Å². The minimum Gasteiger partial charge on any atom is -0.321 e. The minimum absolute atomic E-state index is 0.0320. The zero-order valence-corrected chi connectivity index (χ0v) is 14.1. The Morgan fingerprint density at radius 3 is 2.55 bits per heavy atom. The van der Waals surface area contributed by atoms with E-state index in [-0.39, 0.29) is 11.6 Å². The second kappa shape index (κ2) is 6.02. The number of nitrogens with one attached hydrogen (secondary N) is 1. The van der Waals surface area contributed by atoms with E-state index in [9.17, 15) is 14.9 Å². The quantitative estimate of drug-likeness (QED) is 0.576. The molecule has 0 aliphatic carbocycles. The summed E-state index contributed by atoms with van der Waals surface area (Å²) in [7, 11) is 0. The molecule has 2 rings (SSSR count). The molecule has 1 aromatic carbocycles. The zero-order valence-electron chi connectivity index (χ0n) is 10.1. The lowest BCUT2D eigenvalue weighted by Crippen LogP contribution is -2.10. The number of nitro benzene ring substituents is 1. The average molecular weight is 420 g/mol. The Morgan fingerprint density at radius 2 is 2.05 bits per heavy atom. The Balaban J connectivity index is 2.20. The van der Waals surface area contributed by atoms with Crippen LogP contribution in [0.1, 0.15) is 15.2 Å². The molecule has 1 amide bonds. The molecule has 1 heterocycles. The summed E-state index contributed by atoms with van der Waals surface area (Å²) in [4.78, 5) is 22.9. The lowest BCUT2D eigenvalue weighted by atomic mass is 10.2. The summed E-state index contributed by atoms with van der Waals surface area (Å²) in [5.41, 5.74) is 1.06. The van der Waals surface area contributed by atoms with Crippen molar-refractivity contribution in [3.8, 4) is 0 Å². The van der Waals surface area contributed by atoms with E-state index in [1.807, 2.05) is 0 Å². The van der Waals surface area contributed by atoms with Crippen LogP contribution in [0.5, 0.6) is 0 Å². The molecule has 1 N–H and O–H groups in total. The first kappa shape index (κ1) is 15.1. The number of carbonyl (C=O) groups is 1. The highest BCUT2D eigenvalue weighted by Crippen LogP contribution is 2.33. The highest BCUT2D eigenvalue weighted by Gasteiger charge is 2.14. The maximum Gasteiger partial charge on any atom is 0.272 e. The van der Waals surface area contributed by atoms with E-state index >= 15 is 0 Å². The molecule has 0 saturated heterocycles.